The van der Waals surface area contributed by atoms with Gasteiger partial charge in [-0.15, -0.1) is 0 Å². The Hall–Kier alpha value is -2.62. The molecule has 0 saturated carbocycles. The summed E-state index contributed by atoms with van der Waals surface area (Å²) in [6.45, 7) is 0. The Balaban J connectivity index is 1.82. The van der Waals surface area contributed by atoms with Crippen LogP contribution in [-0.2, 0) is 0 Å². The van der Waals surface area contributed by atoms with Crippen molar-refractivity contribution in [2.45, 2.75) is 0 Å². The lowest BCUT2D eigenvalue weighted by Gasteiger charge is -2.01. The van der Waals surface area contributed by atoms with Crippen LogP contribution >= 0.6 is 0 Å². The first-order chi connectivity index (χ1) is 8.92. The number of benzene rings is 1. The summed E-state index contributed by atoms with van der Waals surface area (Å²) in [6, 6.07) is 13.6. The van der Waals surface area contributed by atoms with Gasteiger partial charge in [-0.3, -0.25) is 4.98 Å². The fourth-order valence-corrected chi connectivity index (χ4v) is 1.62. The van der Waals surface area contributed by atoms with Gasteiger partial charge in [-0.2, -0.15) is 5.10 Å². The van der Waals surface area contributed by atoms with E-state index in [1.54, 1.807) is 23.3 Å². The van der Waals surface area contributed by atoms with Crippen molar-refractivity contribution in [1.82, 2.24) is 14.8 Å². The lowest BCUT2D eigenvalue weighted by atomic mass is 10.3. The SMILES string of the molecule is c1ccc(-n2cc(Oc3cccnc3)cn2)cc1. The zero-order valence-corrected chi connectivity index (χ0v) is 9.60. The fraction of sp³-hybridized carbons (Fsp3) is 0. The van der Waals surface area contributed by atoms with E-state index >= 15 is 0 Å². The first-order valence-electron chi connectivity index (χ1n) is 5.60. The van der Waals surface area contributed by atoms with Crippen LogP contribution in [0.25, 0.3) is 5.69 Å². The lowest BCUT2D eigenvalue weighted by Crippen LogP contribution is -1.92. The van der Waals surface area contributed by atoms with Gasteiger partial charge < -0.3 is 4.74 Å². The van der Waals surface area contributed by atoms with Gasteiger partial charge in [-0.05, 0) is 24.3 Å². The third-order valence-corrected chi connectivity index (χ3v) is 2.45. The number of nitrogens with zero attached hydrogens (tertiary/aromatic N) is 3. The standard InChI is InChI=1S/C14H11N3O/c1-2-5-12(6-3-1)17-11-14(10-16-17)18-13-7-4-8-15-9-13/h1-11H. The smallest absolute Gasteiger partial charge is 0.165 e. The van der Waals surface area contributed by atoms with Crippen LogP contribution in [0.4, 0.5) is 0 Å². The molecule has 1 aromatic carbocycles. The fourth-order valence-electron chi connectivity index (χ4n) is 1.62. The van der Waals surface area contributed by atoms with Crippen LogP contribution in [0.15, 0.2) is 67.3 Å². The van der Waals surface area contributed by atoms with Gasteiger partial charge in [0.15, 0.2) is 5.75 Å². The molecule has 0 atom stereocenters. The zero-order valence-electron chi connectivity index (χ0n) is 9.60. The van der Waals surface area contributed by atoms with Crippen molar-refractivity contribution in [3.8, 4) is 17.2 Å². The van der Waals surface area contributed by atoms with Crippen molar-refractivity contribution in [1.29, 1.82) is 0 Å². The van der Waals surface area contributed by atoms with Gasteiger partial charge in [0.25, 0.3) is 0 Å². The summed E-state index contributed by atoms with van der Waals surface area (Å²) in [6.07, 6.45) is 6.89. The van der Waals surface area contributed by atoms with E-state index in [2.05, 4.69) is 10.1 Å². The zero-order chi connectivity index (χ0) is 12.2. The monoisotopic (exact) mass is 237 g/mol. The summed E-state index contributed by atoms with van der Waals surface area (Å²) < 4.78 is 7.40. The lowest BCUT2D eigenvalue weighted by molar-refractivity contribution is 0.480. The molecule has 18 heavy (non-hydrogen) atoms. The first-order valence-corrected chi connectivity index (χ1v) is 5.60. The summed E-state index contributed by atoms with van der Waals surface area (Å²) in [7, 11) is 0. The quantitative estimate of drug-likeness (QED) is 0.702. The summed E-state index contributed by atoms with van der Waals surface area (Å²) >= 11 is 0. The minimum Gasteiger partial charge on any atom is -0.452 e. The van der Waals surface area contributed by atoms with Crippen LogP contribution in [0.1, 0.15) is 0 Å². The second-order valence-electron chi connectivity index (χ2n) is 3.75. The normalized spacial score (nSPS) is 10.2. The molecule has 2 heterocycles. The average Bonchev–Trinajstić information content (AvgIpc) is 2.89. The van der Waals surface area contributed by atoms with Crippen molar-refractivity contribution < 1.29 is 4.74 Å². The van der Waals surface area contributed by atoms with Crippen LogP contribution in [-0.4, -0.2) is 14.8 Å². The molecule has 0 aliphatic carbocycles. The third-order valence-electron chi connectivity index (χ3n) is 2.45. The van der Waals surface area contributed by atoms with Crippen LogP contribution in [0.5, 0.6) is 11.5 Å². The Morgan fingerprint density at radius 3 is 2.56 bits per heavy atom. The van der Waals surface area contributed by atoms with Gasteiger partial charge in [0.1, 0.15) is 5.75 Å². The molecule has 0 bridgehead atoms. The van der Waals surface area contributed by atoms with Crippen LogP contribution in [0.2, 0.25) is 0 Å². The molecule has 88 valence electrons. The molecule has 2 aromatic heterocycles. The minimum absolute atomic E-state index is 0.687. The number of hydrogen-bond acceptors (Lipinski definition) is 3. The van der Waals surface area contributed by atoms with E-state index in [1.165, 1.54) is 0 Å². The average molecular weight is 237 g/mol. The van der Waals surface area contributed by atoms with Crippen molar-refractivity contribution in [3.05, 3.63) is 67.3 Å². The number of rotatable bonds is 3. The van der Waals surface area contributed by atoms with E-state index in [1.807, 2.05) is 48.7 Å². The van der Waals surface area contributed by atoms with Gasteiger partial charge in [-0.1, -0.05) is 18.2 Å². The molecule has 0 radical (unpaired) electrons. The maximum atomic E-state index is 5.63. The van der Waals surface area contributed by atoms with Crippen molar-refractivity contribution in [2.24, 2.45) is 0 Å². The molecule has 4 heteroatoms. The highest BCUT2D eigenvalue weighted by Crippen LogP contribution is 2.20. The Labute approximate surface area is 104 Å². The molecule has 0 aliphatic rings. The summed E-state index contributed by atoms with van der Waals surface area (Å²) in [5, 5.41) is 4.25. The molecule has 0 spiro atoms. The summed E-state index contributed by atoms with van der Waals surface area (Å²) in [5.74, 6) is 1.39. The van der Waals surface area contributed by atoms with Crippen LogP contribution in [0, 0.1) is 0 Å². The largest absolute Gasteiger partial charge is 0.452 e. The molecule has 4 nitrogen and oxygen atoms in total. The number of pyridine rings is 1. The summed E-state index contributed by atoms with van der Waals surface area (Å²) in [5.41, 5.74) is 0.999. The Bertz CT molecular complexity index is 620. The molecule has 3 rings (SSSR count). The Morgan fingerprint density at radius 1 is 0.889 bits per heavy atom. The molecule has 0 N–H and O–H groups in total. The number of para-hydroxylation sites is 1. The van der Waals surface area contributed by atoms with Gasteiger partial charge in [0.05, 0.1) is 24.3 Å². The third kappa shape index (κ3) is 2.22. The molecule has 0 amide bonds. The highest BCUT2D eigenvalue weighted by molar-refractivity contribution is 5.33. The molecule has 0 aliphatic heterocycles. The molecule has 0 fully saturated rings. The van der Waals surface area contributed by atoms with E-state index in [4.69, 9.17) is 4.74 Å². The number of hydrogen-bond donors (Lipinski definition) is 0. The summed E-state index contributed by atoms with van der Waals surface area (Å²) in [4.78, 5) is 3.99. The minimum atomic E-state index is 0.687. The van der Waals surface area contributed by atoms with Crippen LogP contribution in [0.3, 0.4) is 0 Å². The second-order valence-corrected chi connectivity index (χ2v) is 3.75. The predicted molar refractivity (Wildman–Crippen MR) is 67.9 cm³/mol. The van der Waals surface area contributed by atoms with Gasteiger partial charge in [0.2, 0.25) is 0 Å². The molecule has 3 aromatic rings. The molecular weight excluding hydrogens is 226 g/mol. The topological polar surface area (TPSA) is 39.9 Å². The molecule has 0 unspecified atom stereocenters. The van der Waals surface area contributed by atoms with Gasteiger partial charge in [-0.25, -0.2) is 4.68 Å². The highest BCUT2D eigenvalue weighted by atomic mass is 16.5. The highest BCUT2D eigenvalue weighted by Gasteiger charge is 2.02. The number of aromatic nitrogens is 3. The molecular formula is C14H11N3O. The van der Waals surface area contributed by atoms with Gasteiger partial charge in [0, 0.05) is 6.20 Å². The second kappa shape index (κ2) is 4.71. The van der Waals surface area contributed by atoms with Gasteiger partial charge >= 0.3 is 0 Å². The van der Waals surface area contributed by atoms with Crippen molar-refractivity contribution in [3.63, 3.8) is 0 Å². The maximum Gasteiger partial charge on any atom is 0.165 e. The Kier molecular flexibility index (Phi) is 2.75. The Morgan fingerprint density at radius 2 is 1.78 bits per heavy atom. The first kappa shape index (κ1) is 10.5. The van der Waals surface area contributed by atoms with E-state index in [9.17, 15) is 0 Å². The number of ether oxygens (including phenoxy) is 1. The van der Waals surface area contributed by atoms with E-state index in [-0.39, 0.29) is 0 Å². The van der Waals surface area contributed by atoms with E-state index in [0.717, 1.165) is 5.69 Å². The van der Waals surface area contributed by atoms with Crippen molar-refractivity contribution >= 4 is 0 Å². The van der Waals surface area contributed by atoms with E-state index in [0.29, 0.717) is 11.5 Å². The predicted octanol–water partition coefficient (Wildman–Crippen LogP) is 3.06. The van der Waals surface area contributed by atoms with Crippen molar-refractivity contribution in [2.75, 3.05) is 0 Å². The van der Waals surface area contributed by atoms with Crippen LogP contribution < -0.4 is 4.74 Å². The van der Waals surface area contributed by atoms with E-state index < -0.39 is 0 Å². The molecule has 0 saturated heterocycles. The maximum absolute atomic E-state index is 5.63.